The Kier molecular flexibility index (Phi) is 4.00. The lowest BCUT2D eigenvalue weighted by molar-refractivity contribution is -0.138. The summed E-state index contributed by atoms with van der Waals surface area (Å²) in [6.07, 6.45) is 0. The summed E-state index contributed by atoms with van der Waals surface area (Å²) in [6.45, 7) is 0.670. The van der Waals surface area contributed by atoms with Crippen LogP contribution in [0.5, 0.6) is 0 Å². The lowest BCUT2D eigenvalue weighted by Gasteiger charge is -2.34. The minimum Gasteiger partial charge on any atom is -0.480 e. The fraction of sp³-hybridized carbons (Fsp3) is 0.333. The van der Waals surface area contributed by atoms with E-state index in [0.29, 0.717) is 22.9 Å². The maximum atomic E-state index is 11.2. The number of carbonyl (C=O) groups is 1. The van der Waals surface area contributed by atoms with Crippen molar-refractivity contribution in [2.24, 2.45) is 0 Å². The molecule has 1 aromatic rings. The number of carboxylic acid groups (broad SMARTS) is 1. The first-order valence-corrected chi connectivity index (χ1v) is 6.93. The van der Waals surface area contributed by atoms with E-state index in [4.69, 9.17) is 16.9 Å². The number of nitrogens with zero attached hydrogens (tertiary/aromatic N) is 2. The van der Waals surface area contributed by atoms with E-state index in [1.165, 1.54) is 0 Å². The number of nitriles is 1. The Morgan fingerprint density at radius 3 is 3.00 bits per heavy atom. The molecule has 4 nitrogen and oxygen atoms in total. The zero-order valence-electron chi connectivity index (χ0n) is 9.47. The minimum absolute atomic E-state index is 0.359. The predicted octanol–water partition coefficient (Wildman–Crippen LogP) is 2.22. The van der Waals surface area contributed by atoms with E-state index in [1.54, 1.807) is 30.0 Å². The summed E-state index contributed by atoms with van der Waals surface area (Å²) in [5.74, 6) is 0.622. The van der Waals surface area contributed by atoms with Gasteiger partial charge in [0.1, 0.15) is 12.1 Å². The molecule has 1 unspecified atom stereocenters. The number of carboxylic acids is 1. The van der Waals surface area contributed by atoms with Gasteiger partial charge in [0.05, 0.1) is 10.6 Å². The smallest absolute Gasteiger partial charge is 0.327 e. The SMILES string of the molecule is N#Cc1ccc(N2CCSCC2C(=O)O)cc1Cl. The van der Waals surface area contributed by atoms with Crippen molar-refractivity contribution in [2.45, 2.75) is 6.04 Å². The fourth-order valence-electron chi connectivity index (χ4n) is 1.89. The van der Waals surface area contributed by atoms with Crippen molar-refractivity contribution in [2.75, 3.05) is 23.0 Å². The molecule has 0 saturated carbocycles. The van der Waals surface area contributed by atoms with Crippen LogP contribution in [0.25, 0.3) is 0 Å². The third-order valence-electron chi connectivity index (χ3n) is 2.82. The van der Waals surface area contributed by atoms with Gasteiger partial charge in [-0.25, -0.2) is 4.79 Å². The second-order valence-electron chi connectivity index (χ2n) is 3.90. The predicted molar refractivity (Wildman–Crippen MR) is 72.3 cm³/mol. The first-order valence-electron chi connectivity index (χ1n) is 5.40. The Labute approximate surface area is 114 Å². The Morgan fingerprint density at radius 1 is 1.61 bits per heavy atom. The number of halogens is 1. The number of thioether (sulfide) groups is 1. The van der Waals surface area contributed by atoms with Crippen LogP contribution in [-0.2, 0) is 4.79 Å². The normalized spacial score (nSPS) is 19.3. The molecule has 1 aliphatic heterocycles. The Bertz CT molecular complexity index is 515. The van der Waals surface area contributed by atoms with Crippen LogP contribution < -0.4 is 4.90 Å². The third-order valence-corrected chi connectivity index (χ3v) is 4.15. The highest BCUT2D eigenvalue weighted by molar-refractivity contribution is 7.99. The largest absolute Gasteiger partial charge is 0.480 e. The van der Waals surface area contributed by atoms with Crippen molar-refractivity contribution in [1.82, 2.24) is 0 Å². The van der Waals surface area contributed by atoms with Crippen LogP contribution >= 0.6 is 23.4 Å². The van der Waals surface area contributed by atoms with Gasteiger partial charge in [-0.1, -0.05) is 11.6 Å². The zero-order valence-corrected chi connectivity index (χ0v) is 11.0. The quantitative estimate of drug-likeness (QED) is 0.901. The molecule has 0 amide bonds. The highest BCUT2D eigenvalue weighted by Gasteiger charge is 2.29. The standard InChI is InChI=1S/C12H11ClN2O2S/c13-10-5-9(2-1-8(10)6-14)15-3-4-18-7-11(15)12(16)17/h1-2,5,11H,3-4,7H2,(H,16,17). The van der Waals surface area contributed by atoms with Gasteiger partial charge in [0.2, 0.25) is 0 Å². The average molecular weight is 283 g/mol. The Balaban J connectivity index is 2.32. The molecule has 1 fully saturated rings. The van der Waals surface area contributed by atoms with Crippen LogP contribution in [-0.4, -0.2) is 35.2 Å². The monoisotopic (exact) mass is 282 g/mol. The molecule has 0 radical (unpaired) electrons. The highest BCUT2D eigenvalue weighted by Crippen LogP contribution is 2.28. The number of anilines is 1. The van der Waals surface area contributed by atoms with Crippen molar-refractivity contribution in [3.63, 3.8) is 0 Å². The van der Waals surface area contributed by atoms with Crippen molar-refractivity contribution in [3.8, 4) is 6.07 Å². The molecule has 6 heteroatoms. The number of aliphatic carboxylic acids is 1. The van der Waals surface area contributed by atoms with E-state index < -0.39 is 12.0 Å². The Morgan fingerprint density at radius 2 is 2.39 bits per heavy atom. The van der Waals surface area contributed by atoms with E-state index in [-0.39, 0.29) is 0 Å². The highest BCUT2D eigenvalue weighted by atomic mass is 35.5. The van der Waals surface area contributed by atoms with Gasteiger partial charge in [0.15, 0.2) is 0 Å². The second kappa shape index (κ2) is 5.51. The number of benzene rings is 1. The van der Waals surface area contributed by atoms with Crippen LogP contribution in [0.4, 0.5) is 5.69 Å². The minimum atomic E-state index is -0.831. The zero-order chi connectivity index (χ0) is 13.1. The average Bonchev–Trinajstić information content (AvgIpc) is 2.38. The molecule has 1 N–H and O–H groups in total. The van der Waals surface area contributed by atoms with E-state index >= 15 is 0 Å². The van der Waals surface area contributed by atoms with Gasteiger partial charge in [0.25, 0.3) is 0 Å². The van der Waals surface area contributed by atoms with E-state index in [2.05, 4.69) is 0 Å². The lowest BCUT2D eigenvalue weighted by atomic mass is 10.1. The molecule has 94 valence electrons. The van der Waals surface area contributed by atoms with E-state index in [0.717, 1.165) is 11.4 Å². The van der Waals surface area contributed by atoms with Crippen LogP contribution in [0, 0.1) is 11.3 Å². The first-order chi connectivity index (χ1) is 8.63. The maximum absolute atomic E-state index is 11.2. The summed E-state index contributed by atoms with van der Waals surface area (Å²) in [6, 6.07) is 6.48. The molecular weight excluding hydrogens is 272 g/mol. The van der Waals surface area contributed by atoms with Crippen LogP contribution in [0.3, 0.4) is 0 Å². The second-order valence-corrected chi connectivity index (χ2v) is 5.46. The van der Waals surface area contributed by atoms with E-state index in [9.17, 15) is 9.90 Å². The van der Waals surface area contributed by atoms with Gasteiger partial charge in [-0.05, 0) is 18.2 Å². The molecule has 2 rings (SSSR count). The van der Waals surface area contributed by atoms with Gasteiger partial charge in [-0.3, -0.25) is 0 Å². The topological polar surface area (TPSA) is 64.3 Å². The van der Waals surface area contributed by atoms with Crippen LogP contribution in [0.15, 0.2) is 18.2 Å². The van der Waals surface area contributed by atoms with Crippen molar-refractivity contribution >= 4 is 35.0 Å². The van der Waals surface area contributed by atoms with Gasteiger partial charge >= 0.3 is 5.97 Å². The van der Waals surface area contributed by atoms with Crippen molar-refractivity contribution in [1.29, 1.82) is 5.26 Å². The fourth-order valence-corrected chi connectivity index (χ4v) is 3.15. The molecule has 18 heavy (non-hydrogen) atoms. The molecule has 1 heterocycles. The molecule has 1 aliphatic rings. The van der Waals surface area contributed by atoms with Crippen LogP contribution in [0.1, 0.15) is 5.56 Å². The molecule has 1 atom stereocenters. The maximum Gasteiger partial charge on any atom is 0.327 e. The summed E-state index contributed by atoms with van der Waals surface area (Å²) < 4.78 is 0. The Hall–Kier alpha value is -1.38. The summed E-state index contributed by atoms with van der Waals surface area (Å²) >= 11 is 7.61. The molecule has 1 aromatic carbocycles. The summed E-state index contributed by atoms with van der Waals surface area (Å²) in [5, 5.41) is 18.4. The van der Waals surface area contributed by atoms with Crippen molar-refractivity contribution in [3.05, 3.63) is 28.8 Å². The van der Waals surface area contributed by atoms with Gasteiger partial charge in [-0.15, -0.1) is 0 Å². The lowest BCUT2D eigenvalue weighted by Crippen LogP contribution is -2.47. The molecule has 0 aromatic heterocycles. The molecule has 1 saturated heterocycles. The van der Waals surface area contributed by atoms with Gasteiger partial charge in [-0.2, -0.15) is 17.0 Å². The van der Waals surface area contributed by atoms with Crippen molar-refractivity contribution < 1.29 is 9.90 Å². The van der Waals surface area contributed by atoms with Gasteiger partial charge in [0, 0.05) is 23.7 Å². The van der Waals surface area contributed by atoms with Gasteiger partial charge < -0.3 is 10.0 Å². The summed E-state index contributed by atoms with van der Waals surface area (Å²) in [7, 11) is 0. The molecular formula is C12H11ClN2O2S. The summed E-state index contributed by atoms with van der Waals surface area (Å²) in [4.78, 5) is 13.0. The van der Waals surface area contributed by atoms with Crippen LogP contribution in [0.2, 0.25) is 5.02 Å². The number of hydrogen-bond donors (Lipinski definition) is 1. The molecule has 0 aliphatic carbocycles. The number of hydrogen-bond acceptors (Lipinski definition) is 4. The third kappa shape index (κ3) is 2.55. The summed E-state index contributed by atoms with van der Waals surface area (Å²) in [5.41, 5.74) is 1.16. The van der Waals surface area contributed by atoms with E-state index in [1.807, 2.05) is 11.0 Å². The molecule has 0 bridgehead atoms. The molecule has 0 spiro atoms. The number of rotatable bonds is 2. The first kappa shape index (κ1) is 13.1.